The van der Waals surface area contributed by atoms with E-state index in [4.69, 9.17) is 5.73 Å². The number of hydrogen-bond acceptors (Lipinski definition) is 4. The summed E-state index contributed by atoms with van der Waals surface area (Å²) >= 11 is 0. The minimum absolute atomic E-state index is 0.0205. The largest absolute Gasteiger partial charge is 0.573 e. The SMILES string of the molecule is Nc1cc(NC(=O)c2cccc(OC(F)(F)F)c2)ccn1. The monoisotopic (exact) mass is 297 g/mol. The van der Waals surface area contributed by atoms with E-state index in [1.807, 2.05) is 0 Å². The van der Waals surface area contributed by atoms with Gasteiger partial charge < -0.3 is 15.8 Å². The maximum atomic E-state index is 12.1. The number of nitrogen functional groups attached to an aromatic ring is 1. The predicted molar refractivity (Wildman–Crippen MR) is 69.7 cm³/mol. The summed E-state index contributed by atoms with van der Waals surface area (Å²) in [5.41, 5.74) is 5.86. The number of carbonyl (C=O) groups excluding carboxylic acids is 1. The molecule has 1 amide bonds. The number of halogens is 3. The van der Waals surface area contributed by atoms with E-state index >= 15 is 0 Å². The van der Waals surface area contributed by atoms with Gasteiger partial charge >= 0.3 is 6.36 Å². The summed E-state index contributed by atoms with van der Waals surface area (Å²) in [5.74, 6) is -0.848. The lowest BCUT2D eigenvalue weighted by Gasteiger charge is -2.10. The number of ether oxygens (including phenoxy) is 1. The Hall–Kier alpha value is -2.77. The first-order valence-corrected chi connectivity index (χ1v) is 5.72. The molecule has 0 fully saturated rings. The maximum Gasteiger partial charge on any atom is 0.573 e. The normalized spacial score (nSPS) is 11.0. The van der Waals surface area contributed by atoms with Gasteiger partial charge in [-0.05, 0) is 24.3 Å². The van der Waals surface area contributed by atoms with Crippen LogP contribution in [-0.2, 0) is 0 Å². The van der Waals surface area contributed by atoms with E-state index in [2.05, 4.69) is 15.0 Å². The highest BCUT2D eigenvalue weighted by atomic mass is 19.4. The van der Waals surface area contributed by atoms with Gasteiger partial charge in [0.05, 0.1) is 0 Å². The molecule has 1 aromatic heterocycles. The second-order valence-corrected chi connectivity index (χ2v) is 4.00. The highest BCUT2D eigenvalue weighted by Gasteiger charge is 2.31. The van der Waals surface area contributed by atoms with Crippen LogP contribution in [0.3, 0.4) is 0 Å². The Bertz CT molecular complexity index is 659. The van der Waals surface area contributed by atoms with Crippen molar-refractivity contribution in [3.63, 3.8) is 0 Å². The Morgan fingerprint density at radius 1 is 1.24 bits per heavy atom. The zero-order valence-corrected chi connectivity index (χ0v) is 10.5. The molecule has 110 valence electrons. The molecular weight excluding hydrogens is 287 g/mol. The second kappa shape index (κ2) is 5.70. The minimum Gasteiger partial charge on any atom is -0.406 e. The van der Waals surface area contributed by atoms with Gasteiger partial charge in [0.1, 0.15) is 11.6 Å². The van der Waals surface area contributed by atoms with Gasteiger partial charge in [-0.25, -0.2) is 4.98 Å². The molecule has 21 heavy (non-hydrogen) atoms. The smallest absolute Gasteiger partial charge is 0.406 e. The van der Waals surface area contributed by atoms with Gasteiger partial charge in [-0.3, -0.25) is 4.79 Å². The molecule has 2 rings (SSSR count). The molecule has 0 aliphatic rings. The summed E-state index contributed by atoms with van der Waals surface area (Å²) in [6.45, 7) is 0. The van der Waals surface area contributed by atoms with E-state index in [1.165, 1.54) is 30.5 Å². The van der Waals surface area contributed by atoms with Crippen LogP contribution < -0.4 is 15.8 Å². The second-order valence-electron chi connectivity index (χ2n) is 4.00. The highest BCUT2D eigenvalue weighted by Crippen LogP contribution is 2.23. The number of benzene rings is 1. The van der Waals surface area contributed by atoms with Crippen LogP contribution in [0.15, 0.2) is 42.6 Å². The number of anilines is 2. The zero-order chi connectivity index (χ0) is 15.5. The van der Waals surface area contributed by atoms with Crippen LogP contribution in [0.5, 0.6) is 5.75 Å². The standard InChI is InChI=1S/C13H10F3N3O2/c14-13(15,16)21-10-3-1-2-8(6-10)12(20)19-9-4-5-18-11(17)7-9/h1-7H,(H3,17,18,19,20). The number of nitrogens with one attached hydrogen (secondary N) is 1. The summed E-state index contributed by atoms with van der Waals surface area (Å²) in [5, 5.41) is 2.49. The molecule has 0 bridgehead atoms. The average molecular weight is 297 g/mol. The molecular formula is C13H10F3N3O2. The molecule has 3 N–H and O–H groups in total. The lowest BCUT2D eigenvalue weighted by atomic mass is 10.2. The predicted octanol–water partition coefficient (Wildman–Crippen LogP) is 2.81. The Morgan fingerprint density at radius 3 is 2.67 bits per heavy atom. The summed E-state index contributed by atoms with van der Waals surface area (Å²) < 4.78 is 40.1. The molecule has 8 heteroatoms. The number of aromatic nitrogens is 1. The van der Waals surface area contributed by atoms with Gasteiger partial charge in [-0.1, -0.05) is 6.07 Å². The van der Waals surface area contributed by atoms with Crippen molar-refractivity contribution < 1.29 is 22.7 Å². The lowest BCUT2D eigenvalue weighted by Crippen LogP contribution is -2.18. The number of nitrogens with two attached hydrogens (primary N) is 1. The molecule has 0 saturated heterocycles. The zero-order valence-electron chi connectivity index (χ0n) is 10.5. The van der Waals surface area contributed by atoms with E-state index in [0.29, 0.717) is 5.69 Å². The van der Waals surface area contributed by atoms with Crippen LogP contribution >= 0.6 is 0 Å². The van der Waals surface area contributed by atoms with Crippen LogP contribution in [0.2, 0.25) is 0 Å². The molecule has 0 aliphatic heterocycles. The fourth-order valence-corrected chi connectivity index (χ4v) is 1.56. The third-order valence-corrected chi connectivity index (χ3v) is 2.37. The Kier molecular flexibility index (Phi) is 3.97. The molecule has 1 heterocycles. The first-order chi connectivity index (χ1) is 9.83. The molecule has 0 spiro atoms. The van der Waals surface area contributed by atoms with Crippen molar-refractivity contribution in [3.05, 3.63) is 48.2 Å². The Labute approximate surface area is 117 Å². The van der Waals surface area contributed by atoms with Gasteiger partial charge in [0.15, 0.2) is 0 Å². The van der Waals surface area contributed by atoms with E-state index < -0.39 is 18.0 Å². The molecule has 0 unspecified atom stereocenters. The van der Waals surface area contributed by atoms with Crippen LogP contribution in [0.4, 0.5) is 24.7 Å². The Balaban J connectivity index is 2.14. The average Bonchev–Trinajstić information content (AvgIpc) is 2.37. The topological polar surface area (TPSA) is 77.2 Å². The van der Waals surface area contributed by atoms with Crippen molar-refractivity contribution in [3.8, 4) is 5.75 Å². The number of hydrogen-bond donors (Lipinski definition) is 2. The van der Waals surface area contributed by atoms with E-state index in [1.54, 1.807) is 0 Å². The van der Waals surface area contributed by atoms with E-state index in [9.17, 15) is 18.0 Å². The van der Waals surface area contributed by atoms with Crippen LogP contribution in [-0.4, -0.2) is 17.3 Å². The summed E-state index contributed by atoms with van der Waals surface area (Å²) in [6.07, 6.45) is -3.41. The maximum absolute atomic E-state index is 12.1. The number of amides is 1. The van der Waals surface area contributed by atoms with E-state index in [-0.39, 0.29) is 11.4 Å². The van der Waals surface area contributed by atoms with Crippen molar-refractivity contribution >= 4 is 17.4 Å². The fourth-order valence-electron chi connectivity index (χ4n) is 1.56. The quantitative estimate of drug-likeness (QED) is 0.913. The molecule has 0 saturated carbocycles. The van der Waals surface area contributed by atoms with Crippen LogP contribution in [0, 0.1) is 0 Å². The minimum atomic E-state index is -4.81. The number of alkyl halides is 3. The van der Waals surface area contributed by atoms with Crippen LogP contribution in [0.25, 0.3) is 0 Å². The van der Waals surface area contributed by atoms with Crippen molar-refractivity contribution in [1.82, 2.24) is 4.98 Å². The summed E-state index contributed by atoms with van der Waals surface area (Å²) in [4.78, 5) is 15.7. The molecule has 1 aromatic carbocycles. The highest BCUT2D eigenvalue weighted by molar-refractivity contribution is 6.04. The van der Waals surface area contributed by atoms with Gasteiger partial charge in [0.2, 0.25) is 0 Å². The van der Waals surface area contributed by atoms with Gasteiger partial charge in [-0.2, -0.15) is 0 Å². The molecule has 5 nitrogen and oxygen atoms in total. The molecule has 0 atom stereocenters. The number of nitrogens with zero attached hydrogens (tertiary/aromatic N) is 1. The van der Waals surface area contributed by atoms with Crippen molar-refractivity contribution in [1.29, 1.82) is 0 Å². The Morgan fingerprint density at radius 2 is 2.00 bits per heavy atom. The van der Waals surface area contributed by atoms with Gasteiger partial charge in [0, 0.05) is 23.5 Å². The van der Waals surface area contributed by atoms with E-state index in [0.717, 1.165) is 12.1 Å². The number of pyridine rings is 1. The third-order valence-electron chi connectivity index (χ3n) is 2.37. The van der Waals surface area contributed by atoms with Crippen LogP contribution in [0.1, 0.15) is 10.4 Å². The molecule has 2 aromatic rings. The summed E-state index contributed by atoms with van der Waals surface area (Å²) in [7, 11) is 0. The van der Waals surface area contributed by atoms with Gasteiger partial charge in [-0.15, -0.1) is 13.2 Å². The fraction of sp³-hybridized carbons (Fsp3) is 0.0769. The third kappa shape index (κ3) is 4.37. The van der Waals surface area contributed by atoms with Crippen molar-refractivity contribution in [2.45, 2.75) is 6.36 Å². The lowest BCUT2D eigenvalue weighted by molar-refractivity contribution is -0.274. The van der Waals surface area contributed by atoms with Crippen molar-refractivity contribution in [2.24, 2.45) is 0 Å². The van der Waals surface area contributed by atoms with Gasteiger partial charge in [0.25, 0.3) is 5.91 Å². The first kappa shape index (κ1) is 14.6. The number of rotatable bonds is 3. The number of carbonyl (C=O) groups is 1. The summed E-state index contributed by atoms with van der Waals surface area (Å²) in [6, 6.07) is 7.68. The molecule has 0 radical (unpaired) electrons. The molecule has 0 aliphatic carbocycles. The first-order valence-electron chi connectivity index (χ1n) is 5.72. The van der Waals surface area contributed by atoms with Crippen molar-refractivity contribution in [2.75, 3.05) is 11.1 Å².